The molecule has 2 nitrogen and oxygen atoms in total. The number of rotatable bonds is 4. The molecule has 6 heteroatoms. The van der Waals surface area contributed by atoms with Gasteiger partial charge in [0.1, 0.15) is 0 Å². The summed E-state index contributed by atoms with van der Waals surface area (Å²) in [7, 11) is 0. The second kappa shape index (κ2) is 6.88. The van der Waals surface area contributed by atoms with Crippen LogP contribution in [0.4, 0.5) is 18.9 Å². The van der Waals surface area contributed by atoms with Gasteiger partial charge in [0, 0.05) is 19.1 Å². The highest BCUT2D eigenvalue weighted by molar-refractivity contribution is 6.33. The van der Waals surface area contributed by atoms with Gasteiger partial charge >= 0.3 is 6.18 Å². The summed E-state index contributed by atoms with van der Waals surface area (Å²) in [6, 6.07) is 4.20. The number of piperidine rings is 1. The first-order chi connectivity index (χ1) is 9.93. The van der Waals surface area contributed by atoms with Gasteiger partial charge in [0.2, 0.25) is 0 Å². The van der Waals surface area contributed by atoms with Crippen LogP contribution in [0, 0.1) is 0 Å². The Hall–Kier alpha value is -0.940. The molecule has 1 aromatic carbocycles. The average molecular weight is 321 g/mol. The zero-order valence-electron chi connectivity index (χ0n) is 12.0. The van der Waals surface area contributed by atoms with E-state index in [0.29, 0.717) is 13.1 Å². The molecular formula is C15H20ClF3N2. The summed E-state index contributed by atoms with van der Waals surface area (Å²) in [6.45, 7) is 4.13. The van der Waals surface area contributed by atoms with Crippen molar-refractivity contribution in [3.63, 3.8) is 0 Å². The summed E-state index contributed by atoms with van der Waals surface area (Å²) in [5, 5.41) is 3.55. The first kappa shape index (κ1) is 16.4. The van der Waals surface area contributed by atoms with Crippen molar-refractivity contribution >= 4 is 17.3 Å². The fourth-order valence-electron chi connectivity index (χ4n) is 2.76. The van der Waals surface area contributed by atoms with Gasteiger partial charge in [0.15, 0.2) is 0 Å². The number of halogens is 4. The maximum atomic E-state index is 13.2. The van der Waals surface area contributed by atoms with Gasteiger partial charge < -0.3 is 10.2 Å². The second-order valence-electron chi connectivity index (χ2n) is 5.37. The largest absolute Gasteiger partial charge is 0.418 e. The second-order valence-corrected chi connectivity index (χ2v) is 5.78. The van der Waals surface area contributed by atoms with Gasteiger partial charge in [0.25, 0.3) is 0 Å². The van der Waals surface area contributed by atoms with Crippen LogP contribution in [0.5, 0.6) is 0 Å². The fourth-order valence-corrected chi connectivity index (χ4v) is 3.05. The Balaban J connectivity index is 2.24. The molecule has 1 atom stereocenters. The number of nitrogens with zero attached hydrogens (tertiary/aromatic N) is 1. The highest BCUT2D eigenvalue weighted by atomic mass is 35.5. The Morgan fingerprint density at radius 1 is 1.38 bits per heavy atom. The van der Waals surface area contributed by atoms with Gasteiger partial charge in [-0.3, -0.25) is 0 Å². The number of hydrogen-bond donors (Lipinski definition) is 1. The molecule has 0 aromatic heterocycles. The molecule has 0 aliphatic carbocycles. The Kier molecular flexibility index (Phi) is 5.38. The zero-order valence-corrected chi connectivity index (χ0v) is 12.8. The normalized spacial score (nSPS) is 19.9. The van der Waals surface area contributed by atoms with E-state index >= 15 is 0 Å². The van der Waals surface area contributed by atoms with Crippen molar-refractivity contribution in [2.75, 3.05) is 24.5 Å². The first-order valence-corrected chi connectivity index (χ1v) is 7.65. The summed E-state index contributed by atoms with van der Waals surface area (Å²) >= 11 is 6.06. The molecule has 1 N–H and O–H groups in total. The Bertz CT molecular complexity index is 476. The van der Waals surface area contributed by atoms with Crippen LogP contribution in [0.15, 0.2) is 18.2 Å². The molecule has 0 spiro atoms. The molecule has 0 bridgehead atoms. The van der Waals surface area contributed by atoms with Gasteiger partial charge in [-0.05, 0) is 37.9 Å². The zero-order chi connectivity index (χ0) is 15.5. The number of benzene rings is 1. The quantitative estimate of drug-likeness (QED) is 0.888. The third kappa shape index (κ3) is 4.04. The Labute approximate surface area is 128 Å². The third-order valence-electron chi connectivity index (χ3n) is 3.71. The molecule has 0 amide bonds. The van der Waals surface area contributed by atoms with E-state index in [9.17, 15) is 13.2 Å². The van der Waals surface area contributed by atoms with Crippen LogP contribution in [0.1, 0.15) is 31.7 Å². The molecule has 1 aliphatic heterocycles. The van der Waals surface area contributed by atoms with E-state index in [0.717, 1.165) is 31.9 Å². The number of hydrogen-bond acceptors (Lipinski definition) is 2. The van der Waals surface area contributed by atoms with Gasteiger partial charge in [-0.15, -0.1) is 0 Å². The summed E-state index contributed by atoms with van der Waals surface area (Å²) < 4.78 is 39.5. The van der Waals surface area contributed by atoms with Crippen molar-refractivity contribution < 1.29 is 13.2 Å². The molecule has 21 heavy (non-hydrogen) atoms. The van der Waals surface area contributed by atoms with Crippen molar-refractivity contribution in [1.29, 1.82) is 0 Å². The van der Waals surface area contributed by atoms with E-state index < -0.39 is 11.7 Å². The van der Waals surface area contributed by atoms with Crippen LogP contribution in [0.3, 0.4) is 0 Å². The Morgan fingerprint density at radius 3 is 2.81 bits per heavy atom. The molecule has 1 fully saturated rings. The smallest absolute Gasteiger partial charge is 0.368 e. The van der Waals surface area contributed by atoms with Crippen molar-refractivity contribution in [2.45, 2.75) is 38.4 Å². The van der Waals surface area contributed by atoms with E-state index in [1.165, 1.54) is 12.1 Å². The van der Waals surface area contributed by atoms with Gasteiger partial charge in [0.05, 0.1) is 16.3 Å². The minimum atomic E-state index is -4.38. The average Bonchev–Trinajstić information content (AvgIpc) is 2.44. The SMILES string of the molecule is CCCNC1CCCN(c2c(Cl)cccc2C(F)(F)F)C1. The first-order valence-electron chi connectivity index (χ1n) is 7.27. The number of nitrogens with one attached hydrogen (secondary N) is 1. The molecule has 0 radical (unpaired) electrons. The van der Waals surface area contributed by atoms with Crippen LogP contribution in [0.2, 0.25) is 5.02 Å². The van der Waals surface area contributed by atoms with Crippen molar-refractivity contribution in [3.05, 3.63) is 28.8 Å². The van der Waals surface area contributed by atoms with E-state index in [1.54, 1.807) is 4.90 Å². The predicted molar refractivity (Wildman–Crippen MR) is 80.0 cm³/mol. The maximum Gasteiger partial charge on any atom is 0.418 e. The van der Waals surface area contributed by atoms with E-state index in [-0.39, 0.29) is 16.8 Å². The Morgan fingerprint density at radius 2 is 2.14 bits per heavy atom. The highest BCUT2D eigenvalue weighted by Crippen LogP contribution is 2.41. The summed E-state index contributed by atoms with van der Waals surface area (Å²) in [5.41, 5.74) is -0.527. The van der Waals surface area contributed by atoms with Crippen LogP contribution in [0.25, 0.3) is 0 Å². The molecule has 1 saturated heterocycles. The van der Waals surface area contributed by atoms with E-state index in [4.69, 9.17) is 11.6 Å². The topological polar surface area (TPSA) is 15.3 Å². The number of anilines is 1. The minimum absolute atomic E-state index is 0.120. The maximum absolute atomic E-state index is 13.2. The molecule has 1 heterocycles. The van der Waals surface area contributed by atoms with Crippen LogP contribution < -0.4 is 10.2 Å². The van der Waals surface area contributed by atoms with E-state index in [1.807, 2.05) is 0 Å². The lowest BCUT2D eigenvalue weighted by Gasteiger charge is -2.36. The lowest BCUT2D eigenvalue weighted by molar-refractivity contribution is -0.137. The molecular weight excluding hydrogens is 301 g/mol. The van der Waals surface area contributed by atoms with Crippen molar-refractivity contribution in [2.24, 2.45) is 0 Å². The van der Waals surface area contributed by atoms with Crippen LogP contribution in [-0.4, -0.2) is 25.7 Å². The number of alkyl halides is 3. The molecule has 1 aromatic rings. The lowest BCUT2D eigenvalue weighted by atomic mass is 10.0. The fraction of sp³-hybridized carbons (Fsp3) is 0.600. The summed E-state index contributed by atoms with van der Waals surface area (Å²) in [5.74, 6) is 0. The summed E-state index contributed by atoms with van der Waals surface area (Å²) in [4.78, 5) is 1.77. The van der Waals surface area contributed by atoms with Gasteiger partial charge in [-0.2, -0.15) is 13.2 Å². The molecule has 1 aliphatic rings. The lowest BCUT2D eigenvalue weighted by Crippen LogP contribution is -2.46. The molecule has 1 unspecified atom stereocenters. The standard InChI is InChI=1S/C15H20ClF3N2/c1-2-8-20-11-5-4-9-21(10-11)14-12(15(17,18)19)6-3-7-13(14)16/h3,6-7,11,20H,2,4-5,8-10H2,1H3. The molecule has 118 valence electrons. The van der Waals surface area contributed by atoms with Gasteiger partial charge in [-0.25, -0.2) is 0 Å². The predicted octanol–water partition coefficient (Wildman–Crippen LogP) is 4.33. The number of para-hydroxylation sites is 1. The highest BCUT2D eigenvalue weighted by Gasteiger charge is 2.36. The molecule has 0 saturated carbocycles. The van der Waals surface area contributed by atoms with E-state index in [2.05, 4.69) is 12.2 Å². The third-order valence-corrected chi connectivity index (χ3v) is 4.02. The van der Waals surface area contributed by atoms with Crippen LogP contribution in [-0.2, 0) is 6.18 Å². The summed E-state index contributed by atoms with van der Waals surface area (Å²) in [6.07, 6.45) is -1.52. The monoisotopic (exact) mass is 320 g/mol. The van der Waals surface area contributed by atoms with Crippen molar-refractivity contribution in [3.8, 4) is 0 Å². The minimum Gasteiger partial charge on any atom is -0.368 e. The van der Waals surface area contributed by atoms with Gasteiger partial charge in [-0.1, -0.05) is 24.6 Å². The van der Waals surface area contributed by atoms with Crippen LogP contribution >= 0.6 is 11.6 Å². The van der Waals surface area contributed by atoms with Crippen molar-refractivity contribution in [1.82, 2.24) is 5.32 Å². The molecule has 2 rings (SSSR count).